The molecule has 0 heterocycles. The lowest BCUT2D eigenvalue weighted by molar-refractivity contribution is 0.124. The van der Waals surface area contributed by atoms with Gasteiger partial charge in [0.25, 0.3) is 0 Å². The van der Waals surface area contributed by atoms with E-state index in [1.165, 1.54) is 0 Å². The summed E-state index contributed by atoms with van der Waals surface area (Å²) in [5, 5.41) is 3.24. The van der Waals surface area contributed by atoms with Crippen LogP contribution in [0.1, 0.15) is 26.2 Å². The quantitative estimate of drug-likeness (QED) is 0.594. The van der Waals surface area contributed by atoms with E-state index in [1.807, 2.05) is 0 Å². The number of hydrogen-bond donors (Lipinski definition) is 1. The van der Waals surface area contributed by atoms with Crippen molar-refractivity contribution in [2.45, 2.75) is 32.4 Å². The molecule has 0 spiro atoms. The molecule has 2 heteroatoms. The molecule has 0 radical (unpaired) electrons. The fourth-order valence-corrected chi connectivity index (χ4v) is 1.37. The Kier molecular flexibility index (Phi) is 3.13. The Labute approximate surface area is 62.0 Å². The third-order valence-electron chi connectivity index (χ3n) is 2.16. The van der Waals surface area contributed by atoms with Crippen LogP contribution >= 0.6 is 0 Å². The van der Waals surface area contributed by atoms with E-state index >= 15 is 0 Å². The van der Waals surface area contributed by atoms with Gasteiger partial charge < -0.3 is 5.32 Å². The highest BCUT2D eigenvalue weighted by Crippen LogP contribution is 2.32. The second-order valence-electron chi connectivity index (χ2n) is 3.08. The Balaban J connectivity index is 1.86. The molecule has 1 fully saturated rings. The SMILES string of the molecule is CCNCCC1CC(F)C1. The molecule has 0 unspecified atom stereocenters. The first-order valence-electron chi connectivity index (χ1n) is 4.17. The molecular weight excluding hydrogens is 129 g/mol. The first-order valence-corrected chi connectivity index (χ1v) is 4.17. The zero-order valence-corrected chi connectivity index (χ0v) is 6.57. The van der Waals surface area contributed by atoms with Crippen molar-refractivity contribution in [2.24, 2.45) is 5.92 Å². The number of hydrogen-bond acceptors (Lipinski definition) is 1. The lowest BCUT2D eigenvalue weighted by Crippen LogP contribution is -2.28. The van der Waals surface area contributed by atoms with Crippen LogP contribution in [0.15, 0.2) is 0 Å². The van der Waals surface area contributed by atoms with Crippen LogP contribution in [0.25, 0.3) is 0 Å². The molecule has 1 saturated carbocycles. The molecule has 0 bridgehead atoms. The van der Waals surface area contributed by atoms with E-state index in [0.717, 1.165) is 32.4 Å². The van der Waals surface area contributed by atoms with Gasteiger partial charge in [-0.05, 0) is 38.3 Å². The molecular formula is C8H16FN. The molecule has 0 aromatic carbocycles. The van der Waals surface area contributed by atoms with E-state index in [-0.39, 0.29) is 0 Å². The average molecular weight is 145 g/mol. The van der Waals surface area contributed by atoms with Gasteiger partial charge in [-0.2, -0.15) is 0 Å². The van der Waals surface area contributed by atoms with Gasteiger partial charge in [0.2, 0.25) is 0 Å². The van der Waals surface area contributed by atoms with Crippen molar-refractivity contribution in [3.05, 3.63) is 0 Å². The van der Waals surface area contributed by atoms with Crippen LogP contribution in [-0.2, 0) is 0 Å². The molecule has 1 N–H and O–H groups in total. The highest BCUT2D eigenvalue weighted by Gasteiger charge is 2.27. The first-order chi connectivity index (χ1) is 4.83. The van der Waals surface area contributed by atoms with Crippen LogP contribution in [0.5, 0.6) is 0 Å². The summed E-state index contributed by atoms with van der Waals surface area (Å²) in [4.78, 5) is 0. The smallest absolute Gasteiger partial charge is 0.101 e. The van der Waals surface area contributed by atoms with Crippen molar-refractivity contribution in [1.82, 2.24) is 5.32 Å². The molecule has 0 saturated heterocycles. The third kappa shape index (κ3) is 2.25. The largest absolute Gasteiger partial charge is 0.317 e. The molecule has 1 aliphatic carbocycles. The van der Waals surface area contributed by atoms with Crippen molar-refractivity contribution in [1.29, 1.82) is 0 Å². The Hall–Kier alpha value is -0.110. The summed E-state index contributed by atoms with van der Waals surface area (Å²) in [6.45, 7) is 4.19. The maximum absolute atomic E-state index is 12.3. The van der Waals surface area contributed by atoms with Crippen molar-refractivity contribution < 1.29 is 4.39 Å². The topological polar surface area (TPSA) is 12.0 Å². The lowest BCUT2D eigenvalue weighted by Gasteiger charge is -2.29. The van der Waals surface area contributed by atoms with Gasteiger partial charge in [0.05, 0.1) is 0 Å². The van der Waals surface area contributed by atoms with Crippen LogP contribution in [0.3, 0.4) is 0 Å². The molecule has 0 aromatic heterocycles. The minimum atomic E-state index is -0.480. The molecule has 0 aliphatic heterocycles. The predicted molar refractivity (Wildman–Crippen MR) is 40.8 cm³/mol. The molecule has 10 heavy (non-hydrogen) atoms. The molecule has 1 rings (SSSR count). The lowest BCUT2D eigenvalue weighted by atomic mass is 9.81. The molecule has 1 aliphatic rings. The maximum atomic E-state index is 12.3. The zero-order chi connectivity index (χ0) is 7.40. The summed E-state index contributed by atoms with van der Waals surface area (Å²) in [6, 6.07) is 0. The van der Waals surface area contributed by atoms with E-state index in [4.69, 9.17) is 0 Å². The zero-order valence-electron chi connectivity index (χ0n) is 6.57. The van der Waals surface area contributed by atoms with E-state index in [1.54, 1.807) is 0 Å². The van der Waals surface area contributed by atoms with Crippen LogP contribution < -0.4 is 5.32 Å². The van der Waals surface area contributed by atoms with Crippen molar-refractivity contribution >= 4 is 0 Å². The Bertz CT molecular complexity index is 89.3. The number of halogens is 1. The minimum absolute atomic E-state index is 0.480. The molecule has 1 nitrogen and oxygen atoms in total. The number of alkyl halides is 1. The van der Waals surface area contributed by atoms with Gasteiger partial charge in [0, 0.05) is 0 Å². The summed E-state index contributed by atoms with van der Waals surface area (Å²) in [6.07, 6.45) is 2.30. The van der Waals surface area contributed by atoms with Gasteiger partial charge in [-0.3, -0.25) is 0 Å². The second-order valence-corrected chi connectivity index (χ2v) is 3.08. The van der Waals surface area contributed by atoms with Crippen molar-refractivity contribution in [3.63, 3.8) is 0 Å². The summed E-state index contributed by atoms with van der Waals surface area (Å²) in [7, 11) is 0. The standard InChI is InChI=1S/C8H16FN/c1-2-10-4-3-7-5-8(9)6-7/h7-8,10H,2-6H2,1H3. The van der Waals surface area contributed by atoms with Crippen molar-refractivity contribution in [3.8, 4) is 0 Å². The highest BCUT2D eigenvalue weighted by atomic mass is 19.1. The fraction of sp³-hybridized carbons (Fsp3) is 1.00. The Morgan fingerprint density at radius 1 is 1.50 bits per heavy atom. The summed E-state index contributed by atoms with van der Waals surface area (Å²) < 4.78 is 12.3. The van der Waals surface area contributed by atoms with E-state index in [9.17, 15) is 4.39 Å². The first kappa shape index (κ1) is 7.99. The number of rotatable bonds is 4. The Morgan fingerprint density at radius 3 is 2.70 bits per heavy atom. The molecule has 0 amide bonds. The monoisotopic (exact) mass is 145 g/mol. The predicted octanol–water partition coefficient (Wildman–Crippen LogP) is 1.73. The van der Waals surface area contributed by atoms with E-state index in [2.05, 4.69) is 12.2 Å². The minimum Gasteiger partial charge on any atom is -0.317 e. The van der Waals surface area contributed by atoms with E-state index < -0.39 is 6.17 Å². The van der Waals surface area contributed by atoms with Gasteiger partial charge >= 0.3 is 0 Å². The molecule has 60 valence electrons. The summed E-state index contributed by atoms with van der Waals surface area (Å²) in [5.41, 5.74) is 0. The van der Waals surface area contributed by atoms with Crippen LogP contribution in [-0.4, -0.2) is 19.3 Å². The maximum Gasteiger partial charge on any atom is 0.101 e. The van der Waals surface area contributed by atoms with Crippen LogP contribution in [0.2, 0.25) is 0 Å². The third-order valence-corrected chi connectivity index (χ3v) is 2.16. The van der Waals surface area contributed by atoms with Crippen LogP contribution in [0.4, 0.5) is 4.39 Å². The van der Waals surface area contributed by atoms with Crippen LogP contribution in [0, 0.1) is 5.92 Å². The molecule has 0 atom stereocenters. The van der Waals surface area contributed by atoms with Gasteiger partial charge in [-0.1, -0.05) is 6.92 Å². The van der Waals surface area contributed by atoms with Crippen molar-refractivity contribution in [2.75, 3.05) is 13.1 Å². The fourth-order valence-electron chi connectivity index (χ4n) is 1.37. The highest BCUT2D eigenvalue weighted by molar-refractivity contribution is 4.79. The van der Waals surface area contributed by atoms with Gasteiger partial charge in [0.1, 0.15) is 6.17 Å². The van der Waals surface area contributed by atoms with Gasteiger partial charge in [-0.15, -0.1) is 0 Å². The van der Waals surface area contributed by atoms with Gasteiger partial charge in [-0.25, -0.2) is 4.39 Å². The Morgan fingerprint density at radius 2 is 2.20 bits per heavy atom. The van der Waals surface area contributed by atoms with E-state index in [0.29, 0.717) is 5.92 Å². The normalized spacial score (nSPS) is 31.8. The van der Waals surface area contributed by atoms with Gasteiger partial charge in [0.15, 0.2) is 0 Å². The average Bonchev–Trinajstić information content (AvgIpc) is 1.85. The number of nitrogens with one attached hydrogen (secondary N) is 1. The second kappa shape index (κ2) is 3.91. The summed E-state index contributed by atoms with van der Waals surface area (Å²) >= 11 is 0. The summed E-state index contributed by atoms with van der Waals surface area (Å²) in [5.74, 6) is 0.675. The molecule has 0 aromatic rings.